The predicted octanol–water partition coefficient (Wildman–Crippen LogP) is 1.99. The maximum Gasteiger partial charge on any atom is 0.255 e. The monoisotopic (exact) mass is 254 g/mol. The smallest absolute Gasteiger partial charge is 0.255 e. The average Bonchev–Trinajstić information content (AvgIpc) is 2.54. The summed E-state index contributed by atoms with van der Waals surface area (Å²) in [5.74, 6) is -0.00785. The van der Waals surface area contributed by atoms with Gasteiger partial charge in [0.2, 0.25) is 0 Å². The van der Waals surface area contributed by atoms with Gasteiger partial charge in [-0.3, -0.25) is 4.79 Å². The number of hydrogen-bond donors (Lipinski definition) is 0. The summed E-state index contributed by atoms with van der Waals surface area (Å²) in [6.45, 7) is 4.04. The van der Waals surface area contributed by atoms with Crippen LogP contribution in [-0.4, -0.2) is 41.6 Å². The Morgan fingerprint density at radius 2 is 2.41 bits per heavy atom. The molecule has 0 aliphatic carbocycles. The third-order valence-corrected chi connectivity index (χ3v) is 2.94. The maximum absolute atomic E-state index is 12.2. The summed E-state index contributed by atoms with van der Waals surface area (Å²) >= 11 is 5.70. The fourth-order valence-corrected chi connectivity index (χ4v) is 1.98. The molecule has 1 aromatic heterocycles. The van der Waals surface area contributed by atoms with Crippen LogP contribution in [0.5, 0.6) is 0 Å². The number of halogens is 1. The molecule has 17 heavy (non-hydrogen) atoms. The van der Waals surface area contributed by atoms with Crippen molar-refractivity contribution in [1.29, 1.82) is 0 Å². The average molecular weight is 255 g/mol. The Balaban J connectivity index is 2.10. The van der Waals surface area contributed by atoms with Crippen LogP contribution >= 0.6 is 11.6 Å². The zero-order valence-electron chi connectivity index (χ0n) is 9.73. The first-order valence-electron chi connectivity index (χ1n) is 5.69. The summed E-state index contributed by atoms with van der Waals surface area (Å²) in [6, 6.07) is 3.33. The minimum atomic E-state index is -0.00785. The first-order valence-corrected chi connectivity index (χ1v) is 6.07. The fourth-order valence-electron chi connectivity index (χ4n) is 1.86. The van der Waals surface area contributed by atoms with Gasteiger partial charge in [0, 0.05) is 25.9 Å². The Morgan fingerprint density at radius 3 is 3.12 bits per heavy atom. The van der Waals surface area contributed by atoms with Crippen LogP contribution in [0.15, 0.2) is 18.3 Å². The molecule has 0 spiro atoms. The van der Waals surface area contributed by atoms with Crippen molar-refractivity contribution in [2.24, 2.45) is 0 Å². The highest BCUT2D eigenvalue weighted by Crippen LogP contribution is 2.12. The molecule has 1 aliphatic heterocycles. The van der Waals surface area contributed by atoms with Crippen molar-refractivity contribution in [1.82, 2.24) is 9.88 Å². The van der Waals surface area contributed by atoms with E-state index in [1.165, 1.54) is 6.20 Å². The Bertz CT molecular complexity index is 394. The van der Waals surface area contributed by atoms with Crippen molar-refractivity contribution in [3.05, 3.63) is 29.0 Å². The minimum Gasteiger partial charge on any atom is -0.377 e. The Labute approximate surface area is 106 Å². The van der Waals surface area contributed by atoms with E-state index in [1.807, 2.05) is 11.8 Å². The number of amides is 1. The number of hydrogen-bond acceptors (Lipinski definition) is 3. The highest BCUT2D eigenvalue weighted by molar-refractivity contribution is 6.29. The third-order valence-electron chi connectivity index (χ3n) is 2.71. The summed E-state index contributed by atoms with van der Waals surface area (Å²) in [4.78, 5) is 17.9. The van der Waals surface area contributed by atoms with Crippen LogP contribution in [-0.2, 0) is 4.74 Å². The van der Waals surface area contributed by atoms with Crippen LogP contribution in [0.25, 0.3) is 0 Å². The van der Waals surface area contributed by atoms with Crippen LogP contribution in [0.2, 0.25) is 5.15 Å². The lowest BCUT2D eigenvalue weighted by Gasteiger charge is -2.21. The molecular weight excluding hydrogens is 240 g/mol. The number of aromatic nitrogens is 1. The number of carbonyl (C=O) groups is 1. The van der Waals surface area contributed by atoms with Crippen LogP contribution in [0, 0.1) is 0 Å². The van der Waals surface area contributed by atoms with Crippen LogP contribution in [0.4, 0.5) is 0 Å². The van der Waals surface area contributed by atoms with Gasteiger partial charge in [-0.15, -0.1) is 0 Å². The molecule has 0 saturated carbocycles. The van der Waals surface area contributed by atoms with Crippen molar-refractivity contribution in [3.8, 4) is 0 Å². The number of carbonyl (C=O) groups excluding carboxylic acids is 1. The Morgan fingerprint density at radius 1 is 1.59 bits per heavy atom. The molecule has 1 amide bonds. The summed E-state index contributed by atoms with van der Waals surface area (Å²) < 4.78 is 5.51. The molecule has 0 aromatic carbocycles. The first-order chi connectivity index (χ1) is 8.16. The number of pyridine rings is 1. The summed E-state index contributed by atoms with van der Waals surface area (Å²) in [7, 11) is 0. The topological polar surface area (TPSA) is 42.4 Å². The summed E-state index contributed by atoms with van der Waals surface area (Å²) in [6.07, 6.45) is 2.47. The quantitative estimate of drug-likeness (QED) is 0.720. The van der Waals surface area contributed by atoms with E-state index in [0.29, 0.717) is 23.9 Å². The third kappa shape index (κ3) is 3.17. The van der Waals surface area contributed by atoms with Gasteiger partial charge < -0.3 is 9.64 Å². The molecule has 1 unspecified atom stereocenters. The molecular formula is C12H15ClN2O2. The highest BCUT2D eigenvalue weighted by Gasteiger charge is 2.21. The largest absolute Gasteiger partial charge is 0.377 e. The van der Waals surface area contributed by atoms with E-state index in [4.69, 9.17) is 16.3 Å². The molecule has 4 nitrogen and oxygen atoms in total. The standard InChI is InChI=1S/C12H15ClN2O2/c1-9-8-15(5-2-6-17-9)12(16)10-3-4-11(13)14-7-10/h3-4,7,9H,2,5-6,8H2,1H3. The SMILES string of the molecule is CC1CN(C(=O)c2ccc(Cl)nc2)CCCO1. The number of rotatable bonds is 1. The van der Waals surface area contributed by atoms with Gasteiger partial charge in [-0.25, -0.2) is 4.98 Å². The second-order valence-corrected chi connectivity index (χ2v) is 4.54. The lowest BCUT2D eigenvalue weighted by atomic mass is 10.2. The second kappa shape index (κ2) is 5.47. The van der Waals surface area contributed by atoms with Gasteiger partial charge in [0.15, 0.2) is 0 Å². The fraction of sp³-hybridized carbons (Fsp3) is 0.500. The van der Waals surface area contributed by atoms with Crippen molar-refractivity contribution in [2.45, 2.75) is 19.4 Å². The van der Waals surface area contributed by atoms with E-state index < -0.39 is 0 Å². The molecule has 1 aliphatic rings. The van der Waals surface area contributed by atoms with Gasteiger partial charge in [-0.05, 0) is 25.5 Å². The van der Waals surface area contributed by atoms with Crippen LogP contribution < -0.4 is 0 Å². The van der Waals surface area contributed by atoms with Crippen molar-refractivity contribution in [2.75, 3.05) is 19.7 Å². The van der Waals surface area contributed by atoms with E-state index in [-0.39, 0.29) is 12.0 Å². The van der Waals surface area contributed by atoms with E-state index >= 15 is 0 Å². The Kier molecular flexibility index (Phi) is 3.97. The van der Waals surface area contributed by atoms with Gasteiger partial charge in [0.25, 0.3) is 5.91 Å². The predicted molar refractivity (Wildman–Crippen MR) is 65.2 cm³/mol. The van der Waals surface area contributed by atoms with Gasteiger partial charge in [-0.1, -0.05) is 11.6 Å². The second-order valence-electron chi connectivity index (χ2n) is 4.16. The molecule has 2 rings (SSSR count). The van der Waals surface area contributed by atoms with Crippen molar-refractivity contribution >= 4 is 17.5 Å². The summed E-state index contributed by atoms with van der Waals surface area (Å²) in [5.41, 5.74) is 0.573. The lowest BCUT2D eigenvalue weighted by Crippen LogP contribution is -2.35. The van der Waals surface area contributed by atoms with Gasteiger partial charge >= 0.3 is 0 Å². The number of ether oxygens (including phenoxy) is 1. The van der Waals surface area contributed by atoms with Gasteiger partial charge in [0.1, 0.15) is 5.15 Å². The molecule has 1 aromatic rings. The number of nitrogens with zero attached hydrogens (tertiary/aromatic N) is 2. The molecule has 1 saturated heterocycles. The molecule has 1 atom stereocenters. The van der Waals surface area contributed by atoms with Crippen molar-refractivity contribution in [3.63, 3.8) is 0 Å². The zero-order valence-corrected chi connectivity index (χ0v) is 10.5. The molecule has 0 N–H and O–H groups in total. The van der Waals surface area contributed by atoms with E-state index in [9.17, 15) is 4.79 Å². The van der Waals surface area contributed by atoms with E-state index in [2.05, 4.69) is 4.98 Å². The highest BCUT2D eigenvalue weighted by atomic mass is 35.5. The normalized spacial score (nSPS) is 21.1. The van der Waals surface area contributed by atoms with Crippen LogP contribution in [0.1, 0.15) is 23.7 Å². The molecule has 2 heterocycles. The zero-order chi connectivity index (χ0) is 12.3. The molecule has 5 heteroatoms. The summed E-state index contributed by atoms with van der Waals surface area (Å²) in [5, 5.41) is 0.397. The van der Waals surface area contributed by atoms with Gasteiger partial charge in [-0.2, -0.15) is 0 Å². The molecule has 0 bridgehead atoms. The molecule has 0 radical (unpaired) electrons. The molecule has 92 valence electrons. The minimum absolute atomic E-state index is 0.00785. The van der Waals surface area contributed by atoms with Crippen molar-refractivity contribution < 1.29 is 9.53 Å². The van der Waals surface area contributed by atoms with Gasteiger partial charge in [0.05, 0.1) is 11.7 Å². The lowest BCUT2D eigenvalue weighted by molar-refractivity contribution is 0.0562. The maximum atomic E-state index is 12.2. The van der Waals surface area contributed by atoms with Crippen LogP contribution in [0.3, 0.4) is 0 Å². The first kappa shape index (κ1) is 12.3. The van der Waals surface area contributed by atoms with E-state index in [1.54, 1.807) is 12.1 Å². The molecule has 1 fully saturated rings. The van der Waals surface area contributed by atoms with E-state index in [0.717, 1.165) is 13.0 Å². The Hall–Kier alpha value is -1.13.